The van der Waals surface area contributed by atoms with Crippen molar-refractivity contribution in [1.29, 1.82) is 0 Å². The molecule has 0 radical (unpaired) electrons. The maximum absolute atomic E-state index is 11.2. The predicted molar refractivity (Wildman–Crippen MR) is 68.0 cm³/mol. The van der Waals surface area contributed by atoms with E-state index in [1.54, 1.807) is 7.11 Å². The van der Waals surface area contributed by atoms with E-state index in [4.69, 9.17) is 9.84 Å². The van der Waals surface area contributed by atoms with E-state index in [9.17, 15) is 4.79 Å². The maximum atomic E-state index is 11.2. The summed E-state index contributed by atoms with van der Waals surface area (Å²) in [6, 6.07) is 0.188. The minimum Gasteiger partial charge on any atom is -0.477 e. The summed E-state index contributed by atoms with van der Waals surface area (Å²) in [5.74, 6) is -0.569. The molecule has 0 saturated carbocycles. The molecular formula is C12H19N3O3. The molecule has 0 aliphatic rings. The zero-order valence-electron chi connectivity index (χ0n) is 11.0. The first-order valence-electron chi connectivity index (χ1n) is 5.90. The van der Waals surface area contributed by atoms with Gasteiger partial charge in [-0.2, -0.15) is 0 Å². The highest BCUT2D eigenvalue weighted by atomic mass is 16.5. The topological polar surface area (TPSA) is 75.5 Å². The van der Waals surface area contributed by atoms with Crippen molar-refractivity contribution in [2.75, 3.05) is 25.2 Å². The van der Waals surface area contributed by atoms with Crippen molar-refractivity contribution in [2.45, 2.75) is 26.3 Å². The molecule has 0 saturated heterocycles. The highest BCUT2D eigenvalue weighted by molar-refractivity contribution is 5.92. The molecule has 1 aromatic heterocycles. The third-order valence-electron chi connectivity index (χ3n) is 2.85. The van der Waals surface area contributed by atoms with Crippen molar-refractivity contribution in [3.05, 3.63) is 18.1 Å². The predicted octanol–water partition coefficient (Wildman–Crippen LogP) is 1.43. The first kappa shape index (κ1) is 14.4. The van der Waals surface area contributed by atoms with Crippen LogP contribution in [0.2, 0.25) is 0 Å². The zero-order chi connectivity index (χ0) is 13.5. The van der Waals surface area contributed by atoms with Crippen LogP contribution in [0.4, 0.5) is 5.82 Å². The van der Waals surface area contributed by atoms with Crippen molar-refractivity contribution in [2.24, 2.45) is 0 Å². The number of ether oxygens (including phenoxy) is 1. The largest absolute Gasteiger partial charge is 0.477 e. The molecule has 1 unspecified atom stereocenters. The summed E-state index contributed by atoms with van der Waals surface area (Å²) in [4.78, 5) is 21.0. The van der Waals surface area contributed by atoms with Gasteiger partial charge in [-0.3, -0.25) is 0 Å². The van der Waals surface area contributed by atoms with Crippen molar-refractivity contribution in [1.82, 2.24) is 9.97 Å². The number of rotatable bonds is 7. The Labute approximate surface area is 107 Å². The molecule has 100 valence electrons. The molecule has 0 aliphatic heterocycles. The molecule has 1 aromatic rings. The van der Waals surface area contributed by atoms with Crippen LogP contribution in [-0.4, -0.2) is 47.3 Å². The number of carboxylic acid groups (broad SMARTS) is 1. The molecule has 0 aromatic carbocycles. The first-order valence-corrected chi connectivity index (χ1v) is 5.90. The fraction of sp³-hybridized carbons (Fsp3) is 0.583. The average molecular weight is 253 g/mol. The molecule has 1 rings (SSSR count). The van der Waals surface area contributed by atoms with Gasteiger partial charge in [0.15, 0.2) is 0 Å². The molecule has 0 aliphatic carbocycles. The smallest absolute Gasteiger partial charge is 0.341 e. The monoisotopic (exact) mass is 253 g/mol. The number of carbonyl (C=O) groups is 1. The highest BCUT2D eigenvalue weighted by Crippen LogP contribution is 2.19. The van der Waals surface area contributed by atoms with Gasteiger partial charge in [0.1, 0.15) is 17.7 Å². The Morgan fingerprint density at radius 1 is 1.61 bits per heavy atom. The number of anilines is 1. The molecule has 0 spiro atoms. The zero-order valence-corrected chi connectivity index (χ0v) is 11.0. The SMILES string of the molecule is CCC(C)N(CCOC)c1ncncc1C(=O)O. The Morgan fingerprint density at radius 2 is 2.33 bits per heavy atom. The van der Waals surface area contributed by atoms with Crippen LogP contribution in [0.3, 0.4) is 0 Å². The van der Waals surface area contributed by atoms with Gasteiger partial charge in [-0.05, 0) is 13.3 Å². The fourth-order valence-corrected chi connectivity index (χ4v) is 1.65. The quantitative estimate of drug-likeness (QED) is 0.792. The second kappa shape index (κ2) is 6.90. The fourth-order valence-electron chi connectivity index (χ4n) is 1.65. The van der Waals surface area contributed by atoms with E-state index in [1.165, 1.54) is 12.5 Å². The van der Waals surface area contributed by atoms with E-state index < -0.39 is 5.97 Å². The Bertz CT molecular complexity index is 398. The van der Waals surface area contributed by atoms with Crippen molar-refractivity contribution in [3.63, 3.8) is 0 Å². The molecule has 6 nitrogen and oxygen atoms in total. The second-order valence-electron chi connectivity index (χ2n) is 4.01. The lowest BCUT2D eigenvalue weighted by atomic mass is 10.2. The van der Waals surface area contributed by atoms with Gasteiger partial charge in [-0.1, -0.05) is 6.92 Å². The van der Waals surface area contributed by atoms with Crippen molar-refractivity contribution >= 4 is 11.8 Å². The summed E-state index contributed by atoms with van der Waals surface area (Å²) >= 11 is 0. The normalized spacial score (nSPS) is 12.2. The van der Waals surface area contributed by atoms with Crippen LogP contribution in [0.25, 0.3) is 0 Å². The van der Waals surface area contributed by atoms with Crippen LogP contribution in [0.15, 0.2) is 12.5 Å². The molecule has 0 fully saturated rings. The van der Waals surface area contributed by atoms with Gasteiger partial charge in [0.25, 0.3) is 0 Å². The van der Waals surface area contributed by atoms with E-state index in [0.29, 0.717) is 19.0 Å². The Morgan fingerprint density at radius 3 is 2.89 bits per heavy atom. The third kappa shape index (κ3) is 3.40. The van der Waals surface area contributed by atoms with Gasteiger partial charge in [0.2, 0.25) is 0 Å². The molecule has 1 N–H and O–H groups in total. The van der Waals surface area contributed by atoms with Gasteiger partial charge in [0.05, 0.1) is 6.61 Å². The number of carboxylic acids is 1. The van der Waals surface area contributed by atoms with Crippen LogP contribution in [0.5, 0.6) is 0 Å². The summed E-state index contributed by atoms with van der Waals surface area (Å²) in [7, 11) is 1.62. The summed E-state index contributed by atoms with van der Waals surface area (Å²) in [6.45, 7) is 5.20. The van der Waals surface area contributed by atoms with Gasteiger partial charge in [-0.15, -0.1) is 0 Å². The van der Waals surface area contributed by atoms with Crippen LogP contribution >= 0.6 is 0 Å². The standard InChI is InChI=1S/C12H19N3O3/c1-4-9(2)15(5-6-18-3)11-10(12(16)17)7-13-8-14-11/h7-9H,4-6H2,1-3H3,(H,16,17). The minimum atomic E-state index is -1.02. The number of hydrogen-bond donors (Lipinski definition) is 1. The maximum Gasteiger partial charge on any atom is 0.341 e. The van der Waals surface area contributed by atoms with Crippen LogP contribution in [-0.2, 0) is 4.74 Å². The molecule has 18 heavy (non-hydrogen) atoms. The van der Waals surface area contributed by atoms with Crippen LogP contribution in [0, 0.1) is 0 Å². The third-order valence-corrected chi connectivity index (χ3v) is 2.85. The number of aromatic carboxylic acids is 1. The number of nitrogens with zero attached hydrogens (tertiary/aromatic N) is 3. The van der Waals surface area contributed by atoms with Crippen LogP contribution in [0.1, 0.15) is 30.6 Å². The Kier molecular flexibility index (Phi) is 5.51. The molecule has 0 amide bonds. The van der Waals surface area contributed by atoms with E-state index >= 15 is 0 Å². The van der Waals surface area contributed by atoms with Gasteiger partial charge >= 0.3 is 5.97 Å². The van der Waals surface area contributed by atoms with Crippen molar-refractivity contribution < 1.29 is 14.6 Å². The molecular weight excluding hydrogens is 234 g/mol. The number of aromatic nitrogens is 2. The van der Waals surface area contributed by atoms with E-state index in [0.717, 1.165) is 6.42 Å². The second-order valence-corrected chi connectivity index (χ2v) is 4.01. The molecule has 1 heterocycles. The number of hydrogen-bond acceptors (Lipinski definition) is 5. The molecule has 6 heteroatoms. The van der Waals surface area contributed by atoms with E-state index in [-0.39, 0.29) is 11.6 Å². The van der Waals surface area contributed by atoms with E-state index in [2.05, 4.69) is 9.97 Å². The lowest BCUT2D eigenvalue weighted by molar-refractivity contribution is 0.0696. The lowest BCUT2D eigenvalue weighted by Crippen LogP contribution is -2.37. The average Bonchev–Trinajstić information content (AvgIpc) is 2.39. The minimum absolute atomic E-state index is 0.119. The van der Waals surface area contributed by atoms with Crippen molar-refractivity contribution in [3.8, 4) is 0 Å². The summed E-state index contributed by atoms with van der Waals surface area (Å²) in [5, 5.41) is 9.16. The molecule has 0 bridgehead atoms. The number of methoxy groups -OCH3 is 1. The highest BCUT2D eigenvalue weighted by Gasteiger charge is 2.21. The first-order chi connectivity index (χ1) is 8.61. The van der Waals surface area contributed by atoms with Gasteiger partial charge in [-0.25, -0.2) is 14.8 Å². The Balaban J connectivity index is 3.07. The molecule has 1 atom stereocenters. The van der Waals surface area contributed by atoms with Gasteiger partial charge < -0.3 is 14.7 Å². The van der Waals surface area contributed by atoms with Gasteiger partial charge in [0, 0.05) is 25.9 Å². The van der Waals surface area contributed by atoms with Crippen LogP contribution < -0.4 is 4.90 Å². The summed E-state index contributed by atoms with van der Waals surface area (Å²) < 4.78 is 5.06. The lowest BCUT2D eigenvalue weighted by Gasteiger charge is -2.30. The summed E-state index contributed by atoms with van der Waals surface area (Å²) in [6.07, 6.45) is 3.59. The summed E-state index contributed by atoms with van der Waals surface area (Å²) in [5.41, 5.74) is 0.119. The Hall–Kier alpha value is -1.69. The van der Waals surface area contributed by atoms with E-state index in [1.807, 2.05) is 18.7 Å².